The Bertz CT molecular complexity index is 566. The molecule has 0 spiro atoms. The lowest BCUT2D eigenvalue weighted by Gasteiger charge is -2.12. The number of methoxy groups -OCH3 is 2. The Labute approximate surface area is 137 Å². The third-order valence-electron chi connectivity index (χ3n) is 2.77. The topological polar surface area (TPSA) is 73.7 Å². The minimum absolute atomic E-state index is 0.264. The highest BCUT2D eigenvalue weighted by atomic mass is 32.2. The maximum atomic E-state index is 9.87. The summed E-state index contributed by atoms with van der Waals surface area (Å²) in [6.07, 6.45) is -0.547. The summed E-state index contributed by atoms with van der Waals surface area (Å²) in [6, 6.07) is 5.60. The molecule has 2 aromatic rings. The van der Waals surface area contributed by atoms with Crippen LogP contribution in [-0.4, -0.2) is 48.0 Å². The number of nitrogens with zero attached hydrogens (tertiary/aromatic N) is 2. The molecule has 0 bridgehead atoms. The summed E-state index contributed by atoms with van der Waals surface area (Å²) in [5.74, 6) is 1.87. The number of aromatic nitrogens is 2. The van der Waals surface area contributed by atoms with Gasteiger partial charge in [-0.1, -0.05) is 29.2 Å². The van der Waals surface area contributed by atoms with E-state index in [1.165, 1.54) is 23.1 Å². The van der Waals surface area contributed by atoms with E-state index in [1.54, 1.807) is 19.7 Å². The van der Waals surface area contributed by atoms with E-state index in [-0.39, 0.29) is 6.61 Å². The van der Waals surface area contributed by atoms with Gasteiger partial charge in [0.1, 0.15) is 5.51 Å². The van der Waals surface area contributed by atoms with Crippen molar-refractivity contribution in [3.8, 4) is 11.5 Å². The van der Waals surface area contributed by atoms with Gasteiger partial charge in [-0.2, -0.15) is 0 Å². The third-order valence-corrected chi connectivity index (χ3v) is 4.77. The van der Waals surface area contributed by atoms with Crippen molar-refractivity contribution in [2.45, 2.75) is 17.1 Å². The van der Waals surface area contributed by atoms with Gasteiger partial charge in [0.2, 0.25) is 0 Å². The molecule has 6 nitrogen and oxygen atoms in total. The minimum Gasteiger partial charge on any atom is -0.493 e. The maximum absolute atomic E-state index is 9.87. The standard InChI is InChI=1S/C14H18N2O4S2/c1-18-12-4-3-10(5-13(12)19-2)6-20-7-11(17)8-21-14-16-15-9-22-14/h3-5,9,11,17H,6-8H2,1-2H3/t11-/m1/s1. The van der Waals surface area contributed by atoms with Crippen molar-refractivity contribution in [2.24, 2.45) is 0 Å². The molecule has 0 aliphatic rings. The monoisotopic (exact) mass is 342 g/mol. The molecule has 0 saturated heterocycles. The van der Waals surface area contributed by atoms with Crippen molar-refractivity contribution in [2.75, 3.05) is 26.6 Å². The fraction of sp³-hybridized carbons (Fsp3) is 0.429. The van der Waals surface area contributed by atoms with Crippen molar-refractivity contribution in [3.05, 3.63) is 29.3 Å². The Morgan fingerprint density at radius 1 is 1.27 bits per heavy atom. The van der Waals surface area contributed by atoms with Gasteiger partial charge in [0.25, 0.3) is 0 Å². The molecule has 2 rings (SSSR count). The molecule has 8 heteroatoms. The molecule has 0 radical (unpaired) electrons. The molecule has 1 N–H and O–H groups in total. The first kappa shape index (κ1) is 17.0. The maximum Gasteiger partial charge on any atom is 0.174 e. The molecule has 120 valence electrons. The van der Waals surface area contributed by atoms with Crippen LogP contribution >= 0.6 is 23.1 Å². The van der Waals surface area contributed by atoms with Crippen LogP contribution in [0.5, 0.6) is 11.5 Å². The predicted molar refractivity (Wildman–Crippen MR) is 85.8 cm³/mol. The van der Waals surface area contributed by atoms with E-state index in [9.17, 15) is 5.11 Å². The fourth-order valence-electron chi connectivity index (χ4n) is 1.72. The molecule has 0 saturated carbocycles. The van der Waals surface area contributed by atoms with Gasteiger partial charge in [0, 0.05) is 5.75 Å². The van der Waals surface area contributed by atoms with Crippen LogP contribution in [0.25, 0.3) is 0 Å². The van der Waals surface area contributed by atoms with Crippen molar-refractivity contribution in [3.63, 3.8) is 0 Å². The summed E-state index contributed by atoms with van der Waals surface area (Å²) in [6.45, 7) is 0.668. The lowest BCUT2D eigenvalue weighted by molar-refractivity contribution is 0.0397. The quantitative estimate of drug-likeness (QED) is 0.700. The molecule has 1 aromatic carbocycles. The first-order valence-electron chi connectivity index (χ1n) is 6.58. The first-order valence-corrected chi connectivity index (χ1v) is 8.45. The molecule has 0 fully saturated rings. The summed E-state index contributed by atoms with van der Waals surface area (Å²) in [5, 5.41) is 17.5. The van der Waals surface area contributed by atoms with E-state index >= 15 is 0 Å². The van der Waals surface area contributed by atoms with E-state index in [0.29, 0.717) is 23.9 Å². The zero-order valence-electron chi connectivity index (χ0n) is 12.4. The van der Waals surface area contributed by atoms with Crippen molar-refractivity contribution in [1.29, 1.82) is 0 Å². The number of ether oxygens (including phenoxy) is 3. The van der Waals surface area contributed by atoms with Crippen molar-refractivity contribution >= 4 is 23.1 Å². The second-order valence-corrected chi connectivity index (χ2v) is 6.47. The van der Waals surface area contributed by atoms with Crippen LogP contribution in [0.3, 0.4) is 0 Å². The Kier molecular flexibility index (Phi) is 6.91. The van der Waals surface area contributed by atoms with E-state index in [1.807, 2.05) is 18.2 Å². The molecule has 0 amide bonds. The molecule has 22 heavy (non-hydrogen) atoms. The number of benzene rings is 1. The molecule has 0 aliphatic heterocycles. The third kappa shape index (κ3) is 5.13. The highest BCUT2D eigenvalue weighted by Crippen LogP contribution is 2.27. The SMILES string of the molecule is COc1ccc(COC[C@@H](O)CSc2nncs2)cc1OC. The molecule has 0 unspecified atom stereocenters. The normalized spacial score (nSPS) is 12.1. The molecule has 1 heterocycles. The van der Waals surface area contributed by atoms with Crippen LogP contribution in [0.15, 0.2) is 28.0 Å². The van der Waals surface area contributed by atoms with Crippen LogP contribution in [0.1, 0.15) is 5.56 Å². The Hall–Kier alpha value is -1.35. The highest BCUT2D eigenvalue weighted by molar-refractivity contribution is 8.01. The van der Waals surface area contributed by atoms with Crippen molar-refractivity contribution < 1.29 is 19.3 Å². The average Bonchev–Trinajstić information content (AvgIpc) is 3.06. The van der Waals surface area contributed by atoms with Crippen LogP contribution in [-0.2, 0) is 11.3 Å². The number of aliphatic hydroxyl groups excluding tert-OH is 1. The first-order chi connectivity index (χ1) is 10.7. The summed E-state index contributed by atoms with van der Waals surface area (Å²) >= 11 is 2.93. The number of hydrogen-bond donors (Lipinski definition) is 1. The van der Waals surface area contributed by atoms with E-state index in [4.69, 9.17) is 14.2 Å². The van der Waals surface area contributed by atoms with Gasteiger partial charge in [-0.15, -0.1) is 10.2 Å². The summed E-state index contributed by atoms with van der Waals surface area (Å²) < 4.78 is 16.8. The highest BCUT2D eigenvalue weighted by Gasteiger charge is 2.09. The van der Waals surface area contributed by atoms with Crippen molar-refractivity contribution in [1.82, 2.24) is 10.2 Å². The molecular formula is C14H18N2O4S2. The van der Waals surface area contributed by atoms with E-state index < -0.39 is 6.10 Å². The number of hydrogen-bond acceptors (Lipinski definition) is 8. The van der Waals surface area contributed by atoms with Gasteiger partial charge in [0.05, 0.1) is 33.5 Å². The second kappa shape index (κ2) is 8.94. The molecule has 0 aliphatic carbocycles. The lowest BCUT2D eigenvalue weighted by Crippen LogP contribution is -2.17. The van der Waals surface area contributed by atoms with Crippen LogP contribution in [0, 0.1) is 0 Å². The second-order valence-electron chi connectivity index (χ2n) is 4.37. The van der Waals surface area contributed by atoms with E-state index in [2.05, 4.69) is 10.2 Å². The number of rotatable bonds is 9. The molecular weight excluding hydrogens is 324 g/mol. The van der Waals surface area contributed by atoms with Gasteiger partial charge in [-0.25, -0.2) is 0 Å². The lowest BCUT2D eigenvalue weighted by atomic mass is 10.2. The Morgan fingerprint density at radius 3 is 2.77 bits per heavy atom. The van der Waals surface area contributed by atoms with Gasteiger partial charge in [-0.05, 0) is 17.7 Å². The summed E-state index contributed by atoms with van der Waals surface area (Å²) in [4.78, 5) is 0. The van der Waals surface area contributed by atoms with E-state index in [0.717, 1.165) is 9.90 Å². The molecule has 1 atom stereocenters. The Morgan fingerprint density at radius 2 is 2.09 bits per heavy atom. The Balaban J connectivity index is 1.73. The average molecular weight is 342 g/mol. The zero-order chi connectivity index (χ0) is 15.8. The smallest absolute Gasteiger partial charge is 0.174 e. The predicted octanol–water partition coefficient (Wildman–Crippen LogP) is 2.23. The number of thioether (sulfide) groups is 1. The summed E-state index contributed by atoms with van der Waals surface area (Å²) in [5.41, 5.74) is 2.63. The zero-order valence-corrected chi connectivity index (χ0v) is 14.0. The van der Waals surface area contributed by atoms with Crippen LogP contribution in [0.2, 0.25) is 0 Å². The van der Waals surface area contributed by atoms with Crippen LogP contribution < -0.4 is 9.47 Å². The fourth-order valence-corrected chi connectivity index (χ4v) is 3.14. The number of aliphatic hydroxyl groups is 1. The van der Waals surface area contributed by atoms with Gasteiger partial charge >= 0.3 is 0 Å². The summed E-state index contributed by atoms with van der Waals surface area (Å²) in [7, 11) is 3.19. The molecule has 1 aromatic heterocycles. The van der Waals surface area contributed by atoms with Gasteiger partial charge in [0.15, 0.2) is 15.8 Å². The van der Waals surface area contributed by atoms with Gasteiger partial charge in [-0.3, -0.25) is 0 Å². The van der Waals surface area contributed by atoms with Gasteiger partial charge < -0.3 is 19.3 Å². The van der Waals surface area contributed by atoms with Crippen LogP contribution in [0.4, 0.5) is 0 Å². The largest absolute Gasteiger partial charge is 0.493 e. The minimum atomic E-state index is -0.547.